The fraction of sp³-hybridized carbons (Fsp3) is 0.200. The van der Waals surface area contributed by atoms with Gasteiger partial charge in [-0.1, -0.05) is 41.4 Å². The Hall–Kier alpha value is -2.24. The molecule has 0 radical (unpaired) electrons. The Bertz CT molecular complexity index is 917. The third-order valence-corrected chi connectivity index (χ3v) is 5.22. The smallest absolute Gasteiger partial charge is 0.260 e. The van der Waals surface area contributed by atoms with Crippen LogP contribution in [0.2, 0.25) is 5.15 Å². The molecule has 3 aromatic rings. The van der Waals surface area contributed by atoms with Crippen molar-refractivity contribution < 1.29 is 4.79 Å². The number of carbonyl (C=O) groups is 1. The van der Waals surface area contributed by atoms with Crippen LogP contribution in [-0.4, -0.2) is 21.9 Å². The molecule has 4 nitrogen and oxygen atoms in total. The zero-order valence-electron chi connectivity index (χ0n) is 14.9. The van der Waals surface area contributed by atoms with Crippen LogP contribution < -0.4 is 5.32 Å². The molecule has 2 aromatic carbocycles. The molecule has 0 saturated heterocycles. The fourth-order valence-electron chi connectivity index (χ4n) is 2.65. The number of anilines is 1. The number of aromatic nitrogens is 2. The summed E-state index contributed by atoms with van der Waals surface area (Å²) in [5, 5.41) is 7.68. The number of hydrogen-bond acceptors (Lipinski definition) is 3. The Morgan fingerprint density at radius 2 is 1.77 bits per heavy atom. The highest BCUT2D eigenvalue weighted by Gasteiger charge is 2.20. The Balaban J connectivity index is 1.79. The van der Waals surface area contributed by atoms with Gasteiger partial charge in [0.15, 0.2) is 0 Å². The van der Waals surface area contributed by atoms with E-state index in [1.165, 1.54) is 5.56 Å². The Labute approximate surface area is 162 Å². The molecule has 1 heterocycles. The van der Waals surface area contributed by atoms with E-state index < -0.39 is 0 Å². The first-order valence-corrected chi connectivity index (χ1v) is 9.82. The van der Waals surface area contributed by atoms with Gasteiger partial charge in [-0.15, -0.1) is 11.8 Å². The number of thioether (sulfide) groups is 1. The molecule has 0 aliphatic rings. The molecular weight excluding hydrogens is 366 g/mol. The van der Waals surface area contributed by atoms with E-state index in [-0.39, 0.29) is 5.91 Å². The van der Waals surface area contributed by atoms with E-state index in [4.69, 9.17) is 11.6 Å². The second-order valence-corrected chi connectivity index (χ2v) is 7.31. The molecule has 0 unspecified atom stereocenters. The molecule has 26 heavy (non-hydrogen) atoms. The number of halogens is 1. The molecule has 0 aliphatic carbocycles. The summed E-state index contributed by atoms with van der Waals surface area (Å²) in [6, 6.07) is 15.9. The second kappa shape index (κ2) is 7.98. The van der Waals surface area contributed by atoms with E-state index >= 15 is 0 Å². The van der Waals surface area contributed by atoms with E-state index in [1.54, 1.807) is 23.4 Å². The molecule has 6 heteroatoms. The summed E-state index contributed by atoms with van der Waals surface area (Å²) in [6.07, 6.45) is 2.01. The highest BCUT2D eigenvalue weighted by Crippen LogP contribution is 2.23. The van der Waals surface area contributed by atoms with Gasteiger partial charge in [0.2, 0.25) is 0 Å². The number of nitrogens with zero attached hydrogens (tertiary/aromatic N) is 2. The first kappa shape index (κ1) is 18.5. The Morgan fingerprint density at radius 1 is 1.12 bits per heavy atom. The van der Waals surface area contributed by atoms with Crippen LogP contribution in [-0.2, 0) is 6.54 Å². The van der Waals surface area contributed by atoms with Gasteiger partial charge in [0.25, 0.3) is 5.91 Å². The molecule has 0 aliphatic heterocycles. The van der Waals surface area contributed by atoms with Crippen LogP contribution in [0.5, 0.6) is 0 Å². The SMILES string of the molecule is CSc1ccc(NC(=O)c2c(C)nn(Cc3ccc(C)cc3)c2Cl)cc1. The lowest BCUT2D eigenvalue weighted by Crippen LogP contribution is -2.13. The summed E-state index contributed by atoms with van der Waals surface area (Å²) >= 11 is 8.11. The minimum absolute atomic E-state index is 0.250. The maximum absolute atomic E-state index is 12.7. The lowest BCUT2D eigenvalue weighted by Gasteiger charge is -2.07. The highest BCUT2D eigenvalue weighted by molar-refractivity contribution is 7.98. The third-order valence-electron chi connectivity index (χ3n) is 4.09. The fourth-order valence-corrected chi connectivity index (χ4v) is 3.38. The van der Waals surface area contributed by atoms with Gasteiger partial charge in [-0.05, 0) is 49.9 Å². The molecule has 0 fully saturated rings. The quantitative estimate of drug-likeness (QED) is 0.616. The number of carbonyl (C=O) groups excluding carboxylic acids is 1. The van der Waals surface area contributed by atoms with Crippen LogP contribution in [0, 0.1) is 13.8 Å². The van der Waals surface area contributed by atoms with Gasteiger partial charge < -0.3 is 5.32 Å². The summed E-state index contributed by atoms with van der Waals surface area (Å²) in [5.74, 6) is -0.250. The van der Waals surface area contributed by atoms with Crippen molar-refractivity contribution in [2.75, 3.05) is 11.6 Å². The van der Waals surface area contributed by atoms with Gasteiger partial charge >= 0.3 is 0 Å². The lowest BCUT2D eigenvalue weighted by molar-refractivity contribution is 0.102. The zero-order valence-corrected chi connectivity index (χ0v) is 16.5. The molecule has 0 spiro atoms. The number of benzene rings is 2. The number of amides is 1. The van der Waals surface area contributed by atoms with Gasteiger partial charge in [-0.2, -0.15) is 5.10 Å². The van der Waals surface area contributed by atoms with Crippen molar-refractivity contribution in [3.8, 4) is 0 Å². The molecule has 0 atom stereocenters. The number of rotatable bonds is 5. The predicted octanol–water partition coefficient (Wildman–Crippen LogP) is 5.18. The summed E-state index contributed by atoms with van der Waals surface area (Å²) in [6.45, 7) is 4.36. The topological polar surface area (TPSA) is 46.9 Å². The van der Waals surface area contributed by atoms with Crippen LogP contribution in [0.15, 0.2) is 53.4 Å². The Kier molecular flexibility index (Phi) is 5.69. The van der Waals surface area contributed by atoms with Gasteiger partial charge in [0, 0.05) is 10.6 Å². The molecular formula is C20H20ClN3OS. The average molecular weight is 386 g/mol. The molecule has 0 bridgehead atoms. The van der Waals surface area contributed by atoms with Crippen molar-refractivity contribution in [3.63, 3.8) is 0 Å². The number of aryl methyl sites for hydroxylation is 2. The second-order valence-electron chi connectivity index (χ2n) is 6.08. The van der Waals surface area contributed by atoms with E-state index in [1.807, 2.05) is 61.7 Å². The lowest BCUT2D eigenvalue weighted by atomic mass is 10.1. The van der Waals surface area contributed by atoms with Crippen LogP contribution in [0.25, 0.3) is 0 Å². The van der Waals surface area contributed by atoms with Gasteiger partial charge in [-0.25, -0.2) is 4.68 Å². The molecule has 1 aromatic heterocycles. The van der Waals surface area contributed by atoms with Crippen LogP contribution in [0.3, 0.4) is 0 Å². The van der Waals surface area contributed by atoms with Crippen LogP contribution in [0.1, 0.15) is 27.2 Å². The molecule has 1 N–H and O–H groups in total. The maximum Gasteiger partial charge on any atom is 0.260 e. The van der Waals surface area contributed by atoms with Gasteiger partial charge in [-0.3, -0.25) is 4.79 Å². The van der Waals surface area contributed by atoms with Gasteiger partial charge in [0.1, 0.15) is 5.15 Å². The van der Waals surface area contributed by atoms with E-state index in [0.29, 0.717) is 23.0 Å². The summed E-state index contributed by atoms with van der Waals surface area (Å²) in [4.78, 5) is 13.8. The van der Waals surface area contributed by atoms with E-state index in [2.05, 4.69) is 10.4 Å². The van der Waals surface area contributed by atoms with E-state index in [0.717, 1.165) is 16.1 Å². The van der Waals surface area contributed by atoms with Crippen molar-refractivity contribution in [1.82, 2.24) is 9.78 Å². The zero-order chi connectivity index (χ0) is 18.7. The Morgan fingerprint density at radius 3 is 2.38 bits per heavy atom. The summed E-state index contributed by atoms with van der Waals surface area (Å²) in [5.41, 5.74) is 4.03. The first-order chi connectivity index (χ1) is 12.5. The van der Waals surface area contributed by atoms with Crippen LogP contribution >= 0.6 is 23.4 Å². The van der Waals surface area contributed by atoms with Crippen molar-refractivity contribution >= 4 is 35.0 Å². The minimum Gasteiger partial charge on any atom is -0.322 e. The highest BCUT2D eigenvalue weighted by atomic mass is 35.5. The standard InChI is InChI=1S/C20H20ClN3OS/c1-13-4-6-15(7-5-13)12-24-19(21)18(14(2)23-24)20(25)22-16-8-10-17(26-3)11-9-16/h4-11H,12H2,1-3H3,(H,22,25). The largest absolute Gasteiger partial charge is 0.322 e. The monoisotopic (exact) mass is 385 g/mol. The normalized spacial score (nSPS) is 10.8. The van der Waals surface area contributed by atoms with Crippen molar-refractivity contribution in [1.29, 1.82) is 0 Å². The molecule has 1 amide bonds. The summed E-state index contributed by atoms with van der Waals surface area (Å²) in [7, 11) is 0. The predicted molar refractivity (Wildman–Crippen MR) is 108 cm³/mol. The molecule has 0 saturated carbocycles. The third kappa shape index (κ3) is 4.11. The maximum atomic E-state index is 12.7. The van der Waals surface area contributed by atoms with Crippen molar-refractivity contribution in [2.45, 2.75) is 25.3 Å². The average Bonchev–Trinajstić information content (AvgIpc) is 2.91. The minimum atomic E-state index is -0.250. The molecule has 3 rings (SSSR count). The summed E-state index contributed by atoms with van der Waals surface area (Å²) < 4.78 is 1.66. The molecule has 134 valence electrons. The van der Waals surface area contributed by atoms with Crippen molar-refractivity contribution in [2.24, 2.45) is 0 Å². The van der Waals surface area contributed by atoms with Gasteiger partial charge in [0.05, 0.1) is 17.8 Å². The van der Waals surface area contributed by atoms with Crippen LogP contribution in [0.4, 0.5) is 5.69 Å². The van der Waals surface area contributed by atoms with E-state index in [9.17, 15) is 4.79 Å². The number of hydrogen-bond donors (Lipinski definition) is 1. The first-order valence-electron chi connectivity index (χ1n) is 8.22. The van der Waals surface area contributed by atoms with Crippen molar-refractivity contribution in [3.05, 3.63) is 76.1 Å². The number of nitrogens with one attached hydrogen (secondary N) is 1.